The molecule has 1 amide bonds. The SMILES string of the molecule is O=C(O)CN(C(=O)c1ncn[nH]1)C1CCS(=O)(=O)C1. The smallest absolute Gasteiger partial charge is 0.323 e. The van der Waals surface area contributed by atoms with Gasteiger partial charge in [-0.25, -0.2) is 13.4 Å². The Morgan fingerprint density at radius 2 is 2.26 bits per heavy atom. The van der Waals surface area contributed by atoms with Crippen molar-refractivity contribution in [3.63, 3.8) is 0 Å². The van der Waals surface area contributed by atoms with Crippen LogP contribution in [0.5, 0.6) is 0 Å². The van der Waals surface area contributed by atoms with Crippen LogP contribution >= 0.6 is 0 Å². The summed E-state index contributed by atoms with van der Waals surface area (Å²) >= 11 is 0. The van der Waals surface area contributed by atoms with E-state index in [9.17, 15) is 18.0 Å². The molecule has 0 saturated carbocycles. The number of H-pyrrole nitrogens is 1. The fraction of sp³-hybridized carbons (Fsp3) is 0.556. The van der Waals surface area contributed by atoms with Gasteiger partial charge in [-0.15, -0.1) is 0 Å². The molecule has 2 rings (SSSR count). The predicted molar refractivity (Wildman–Crippen MR) is 62.1 cm³/mol. The lowest BCUT2D eigenvalue weighted by Gasteiger charge is -2.25. The number of carbonyl (C=O) groups is 2. The minimum absolute atomic E-state index is 0.0442. The normalized spacial score (nSPS) is 21.2. The second-order valence-electron chi connectivity index (χ2n) is 4.22. The Kier molecular flexibility index (Phi) is 3.51. The first kappa shape index (κ1) is 13.5. The molecule has 19 heavy (non-hydrogen) atoms. The molecule has 10 heteroatoms. The summed E-state index contributed by atoms with van der Waals surface area (Å²) in [4.78, 5) is 27.5. The number of sulfone groups is 1. The van der Waals surface area contributed by atoms with E-state index in [4.69, 9.17) is 5.11 Å². The van der Waals surface area contributed by atoms with E-state index in [2.05, 4.69) is 15.2 Å². The van der Waals surface area contributed by atoms with Crippen LogP contribution in [-0.4, -0.2) is 69.6 Å². The minimum Gasteiger partial charge on any atom is -0.480 e. The molecule has 2 heterocycles. The summed E-state index contributed by atoms with van der Waals surface area (Å²) < 4.78 is 22.8. The van der Waals surface area contributed by atoms with Crippen LogP contribution in [0, 0.1) is 0 Å². The number of nitrogens with zero attached hydrogens (tertiary/aromatic N) is 3. The van der Waals surface area contributed by atoms with Gasteiger partial charge in [-0.3, -0.25) is 14.7 Å². The lowest BCUT2D eigenvalue weighted by Crippen LogP contribution is -2.44. The first-order valence-corrected chi connectivity index (χ1v) is 7.30. The van der Waals surface area contributed by atoms with Gasteiger partial charge in [0.2, 0.25) is 5.82 Å². The van der Waals surface area contributed by atoms with E-state index in [1.165, 1.54) is 0 Å². The number of aromatic amines is 1. The van der Waals surface area contributed by atoms with Crippen molar-refractivity contribution in [2.45, 2.75) is 12.5 Å². The number of nitrogens with one attached hydrogen (secondary N) is 1. The molecule has 0 spiro atoms. The summed E-state index contributed by atoms with van der Waals surface area (Å²) in [5, 5.41) is 14.7. The zero-order chi connectivity index (χ0) is 14.0. The highest BCUT2D eigenvalue weighted by molar-refractivity contribution is 7.91. The Bertz CT molecular complexity index is 582. The van der Waals surface area contributed by atoms with E-state index in [1.807, 2.05) is 0 Å². The van der Waals surface area contributed by atoms with Crippen LogP contribution < -0.4 is 0 Å². The van der Waals surface area contributed by atoms with Crippen LogP contribution in [0.15, 0.2) is 6.33 Å². The van der Waals surface area contributed by atoms with Crippen molar-refractivity contribution in [3.8, 4) is 0 Å². The third-order valence-corrected chi connectivity index (χ3v) is 4.58. The lowest BCUT2D eigenvalue weighted by molar-refractivity contribution is -0.138. The molecule has 1 aromatic heterocycles. The van der Waals surface area contributed by atoms with E-state index in [-0.39, 0.29) is 23.8 Å². The van der Waals surface area contributed by atoms with Gasteiger partial charge in [0.05, 0.1) is 11.5 Å². The number of carbonyl (C=O) groups excluding carboxylic acids is 1. The molecule has 0 bridgehead atoms. The quantitative estimate of drug-likeness (QED) is 0.690. The fourth-order valence-corrected chi connectivity index (χ4v) is 3.71. The second-order valence-corrected chi connectivity index (χ2v) is 6.45. The van der Waals surface area contributed by atoms with Crippen LogP contribution in [0.4, 0.5) is 0 Å². The molecule has 1 aromatic rings. The molecule has 0 aliphatic carbocycles. The van der Waals surface area contributed by atoms with Crippen molar-refractivity contribution in [2.75, 3.05) is 18.1 Å². The van der Waals surface area contributed by atoms with Crippen LogP contribution in [0.25, 0.3) is 0 Å². The molecule has 104 valence electrons. The van der Waals surface area contributed by atoms with Gasteiger partial charge in [0.1, 0.15) is 12.9 Å². The van der Waals surface area contributed by atoms with Crippen molar-refractivity contribution in [2.24, 2.45) is 0 Å². The number of hydrogen-bond acceptors (Lipinski definition) is 6. The van der Waals surface area contributed by atoms with Crippen LogP contribution in [0.3, 0.4) is 0 Å². The van der Waals surface area contributed by atoms with Crippen LogP contribution in [-0.2, 0) is 14.6 Å². The Morgan fingerprint density at radius 3 is 2.74 bits per heavy atom. The highest BCUT2D eigenvalue weighted by atomic mass is 32.2. The Balaban J connectivity index is 2.21. The molecular formula is C9H12N4O5S. The monoisotopic (exact) mass is 288 g/mol. The average Bonchev–Trinajstić information content (AvgIpc) is 2.94. The summed E-state index contributed by atoms with van der Waals surface area (Å²) in [6.45, 7) is -0.570. The topological polar surface area (TPSA) is 133 Å². The summed E-state index contributed by atoms with van der Waals surface area (Å²) in [5.41, 5.74) is 0. The van der Waals surface area contributed by atoms with Crippen molar-refractivity contribution < 1.29 is 23.1 Å². The van der Waals surface area contributed by atoms with Gasteiger partial charge in [-0.2, -0.15) is 5.10 Å². The van der Waals surface area contributed by atoms with Gasteiger partial charge < -0.3 is 10.0 Å². The van der Waals surface area contributed by atoms with E-state index < -0.39 is 34.3 Å². The third-order valence-electron chi connectivity index (χ3n) is 2.83. The number of hydrogen-bond donors (Lipinski definition) is 2. The number of rotatable bonds is 4. The zero-order valence-corrected chi connectivity index (χ0v) is 10.6. The molecule has 9 nitrogen and oxygen atoms in total. The predicted octanol–water partition coefficient (Wildman–Crippen LogP) is -1.48. The van der Waals surface area contributed by atoms with Crippen molar-refractivity contribution in [1.29, 1.82) is 0 Å². The first-order chi connectivity index (χ1) is 8.89. The molecule has 1 saturated heterocycles. The fourth-order valence-electron chi connectivity index (χ4n) is 1.98. The molecular weight excluding hydrogens is 276 g/mol. The number of carboxylic acids is 1. The summed E-state index contributed by atoms with van der Waals surface area (Å²) in [6.07, 6.45) is 1.35. The largest absolute Gasteiger partial charge is 0.480 e. The van der Waals surface area contributed by atoms with Gasteiger partial charge in [0.25, 0.3) is 5.91 Å². The van der Waals surface area contributed by atoms with E-state index in [1.54, 1.807) is 0 Å². The Morgan fingerprint density at radius 1 is 1.53 bits per heavy atom. The number of carboxylic acid groups (broad SMARTS) is 1. The highest BCUT2D eigenvalue weighted by Crippen LogP contribution is 2.19. The maximum atomic E-state index is 12.1. The summed E-state index contributed by atoms with van der Waals surface area (Å²) in [5.74, 6) is -2.25. The van der Waals surface area contributed by atoms with Crippen LogP contribution in [0.1, 0.15) is 17.0 Å². The summed E-state index contributed by atoms with van der Waals surface area (Å²) in [6, 6.07) is -0.640. The Labute approximate surface area is 108 Å². The average molecular weight is 288 g/mol. The highest BCUT2D eigenvalue weighted by Gasteiger charge is 2.36. The van der Waals surface area contributed by atoms with E-state index in [0.29, 0.717) is 0 Å². The molecule has 0 aromatic carbocycles. The first-order valence-electron chi connectivity index (χ1n) is 5.47. The number of amides is 1. The molecule has 0 radical (unpaired) electrons. The van der Waals surface area contributed by atoms with E-state index in [0.717, 1.165) is 11.2 Å². The van der Waals surface area contributed by atoms with Crippen molar-refractivity contribution in [3.05, 3.63) is 12.2 Å². The molecule has 1 atom stereocenters. The standard InChI is InChI=1S/C9H12N4O5S/c14-7(15)3-13(6-1-2-19(17,18)4-6)9(16)8-10-5-11-12-8/h5-6H,1-4H2,(H,14,15)(H,10,11,12). The number of aliphatic carboxylic acids is 1. The molecule has 1 aliphatic rings. The maximum Gasteiger partial charge on any atom is 0.323 e. The zero-order valence-electron chi connectivity index (χ0n) is 9.81. The van der Waals surface area contributed by atoms with Crippen molar-refractivity contribution in [1.82, 2.24) is 20.1 Å². The molecule has 2 N–H and O–H groups in total. The van der Waals surface area contributed by atoms with Gasteiger partial charge >= 0.3 is 5.97 Å². The second kappa shape index (κ2) is 4.96. The molecule has 1 unspecified atom stereocenters. The maximum absolute atomic E-state index is 12.1. The van der Waals surface area contributed by atoms with Gasteiger partial charge in [0.15, 0.2) is 9.84 Å². The molecule has 1 fully saturated rings. The van der Waals surface area contributed by atoms with Gasteiger partial charge in [-0.05, 0) is 6.42 Å². The van der Waals surface area contributed by atoms with Gasteiger partial charge in [0, 0.05) is 6.04 Å². The lowest BCUT2D eigenvalue weighted by atomic mass is 10.2. The van der Waals surface area contributed by atoms with Crippen LogP contribution in [0.2, 0.25) is 0 Å². The Hall–Kier alpha value is -1.97. The number of aromatic nitrogens is 3. The molecule has 1 aliphatic heterocycles. The van der Waals surface area contributed by atoms with Crippen molar-refractivity contribution >= 4 is 21.7 Å². The third kappa shape index (κ3) is 3.08. The van der Waals surface area contributed by atoms with Gasteiger partial charge in [-0.1, -0.05) is 0 Å². The van der Waals surface area contributed by atoms with E-state index >= 15 is 0 Å². The summed E-state index contributed by atoms with van der Waals surface area (Å²) in [7, 11) is -3.21. The minimum atomic E-state index is -3.21.